The van der Waals surface area contributed by atoms with Crippen molar-refractivity contribution in [2.45, 2.75) is 26.3 Å². The Hall–Kier alpha value is -1.48. The van der Waals surface area contributed by atoms with E-state index in [1.54, 1.807) is 7.11 Å². The third-order valence-electron chi connectivity index (χ3n) is 2.81. The molecule has 3 nitrogen and oxygen atoms in total. The van der Waals surface area contributed by atoms with Crippen LogP contribution in [0.5, 0.6) is 5.75 Å². The highest BCUT2D eigenvalue weighted by Crippen LogP contribution is 2.32. The fourth-order valence-corrected chi connectivity index (χ4v) is 2.20. The summed E-state index contributed by atoms with van der Waals surface area (Å²) in [7, 11) is 1.71. The average Bonchev–Trinajstić information content (AvgIpc) is 2.66. The number of fused-ring (bicyclic) bond motifs is 1. The number of ether oxygens (including phenoxy) is 1. The van der Waals surface area contributed by atoms with Gasteiger partial charge in [0, 0.05) is 17.6 Å². The van der Waals surface area contributed by atoms with Crippen LogP contribution in [0.25, 0.3) is 10.9 Å². The summed E-state index contributed by atoms with van der Waals surface area (Å²) in [6, 6.07) is 4.34. The lowest BCUT2D eigenvalue weighted by atomic mass is 10.0. The Morgan fingerprint density at radius 1 is 1.50 bits per heavy atom. The number of benzene rings is 1. The monoisotopic (exact) mass is 218 g/mol. The molecule has 1 aromatic heterocycles. The van der Waals surface area contributed by atoms with Crippen molar-refractivity contribution in [2.24, 2.45) is 5.73 Å². The largest absolute Gasteiger partial charge is 0.496 e. The van der Waals surface area contributed by atoms with Gasteiger partial charge in [-0.15, -0.1) is 0 Å². The van der Waals surface area contributed by atoms with Gasteiger partial charge < -0.3 is 15.5 Å². The molecule has 2 rings (SSSR count). The Morgan fingerprint density at radius 3 is 2.88 bits per heavy atom. The van der Waals surface area contributed by atoms with Gasteiger partial charge in [-0.1, -0.05) is 6.07 Å². The molecule has 0 spiro atoms. The van der Waals surface area contributed by atoms with Crippen LogP contribution in [0.1, 0.15) is 18.1 Å². The van der Waals surface area contributed by atoms with Gasteiger partial charge in [0.15, 0.2) is 0 Å². The topological polar surface area (TPSA) is 51.0 Å². The van der Waals surface area contributed by atoms with Crippen LogP contribution in [0.4, 0.5) is 0 Å². The maximum Gasteiger partial charge on any atom is 0.131 e. The van der Waals surface area contributed by atoms with Crippen LogP contribution in [0.15, 0.2) is 18.3 Å². The zero-order valence-corrected chi connectivity index (χ0v) is 10.0. The van der Waals surface area contributed by atoms with Gasteiger partial charge in [-0.25, -0.2) is 0 Å². The van der Waals surface area contributed by atoms with Crippen LogP contribution in [-0.2, 0) is 6.42 Å². The minimum Gasteiger partial charge on any atom is -0.496 e. The highest BCUT2D eigenvalue weighted by atomic mass is 16.5. The van der Waals surface area contributed by atoms with Crippen molar-refractivity contribution in [2.75, 3.05) is 7.11 Å². The van der Waals surface area contributed by atoms with Crippen LogP contribution in [0.3, 0.4) is 0 Å². The number of aryl methyl sites for hydroxylation is 1. The Kier molecular flexibility index (Phi) is 2.88. The lowest BCUT2D eigenvalue weighted by Gasteiger charge is -2.13. The summed E-state index contributed by atoms with van der Waals surface area (Å²) in [6.07, 6.45) is 2.78. The average molecular weight is 218 g/mol. The minimum atomic E-state index is 0.143. The maximum absolute atomic E-state index is 5.85. The van der Waals surface area contributed by atoms with E-state index in [1.807, 2.05) is 19.2 Å². The van der Waals surface area contributed by atoms with E-state index >= 15 is 0 Å². The molecule has 0 aliphatic heterocycles. The molecule has 16 heavy (non-hydrogen) atoms. The van der Waals surface area contributed by atoms with Gasteiger partial charge in [0.25, 0.3) is 0 Å². The summed E-state index contributed by atoms with van der Waals surface area (Å²) in [4.78, 5) is 3.23. The molecule has 2 aromatic rings. The van der Waals surface area contributed by atoms with Gasteiger partial charge >= 0.3 is 0 Å². The summed E-state index contributed by atoms with van der Waals surface area (Å²) in [6.45, 7) is 4.11. The number of nitrogens with one attached hydrogen (secondary N) is 1. The van der Waals surface area contributed by atoms with Crippen LogP contribution < -0.4 is 10.5 Å². The molecule has 0 saturated carbocycles. The van der Waals surface area contributed by atoms with Gasteiger partial charge in [0.2, 0.25) is 0 Å². The number of methoxy groups -OCH3 is 1. The fraction of sp³-hybridized carbons (Fsp3) is 0.385. The molecule has 0 aliphatic rings. The molecule has 0 saturated heterocycles. The molecular formula is C13H18N2O. The van der Waals surface area contributed by atoms with E-state index in [-0.39, 0.29) is 6.04 Å². The summed E-state index contributed by atoms with van der Waals surface area (Å²) in [5, 5.41) is 1.14. The maximum atomic E-state index is 5.85. The number of aromatic nitrogens is 1. The van der Waals surface area contributed by atoms with E-state index in [0.717, 1.165) is 23.1 Å². The molecule has 1 aromatic carbocycles. The Morgan fingerprint density at radius 2 is 2.25 bits per heavy atom. The Balaban J connectivity index is 2.63. The van der Waals surface area contributed by atoms with Crippen molar-refractivity contribution in [1.82, 2.24) is 4.98 Å². The van der Waals surface area contributed by atoms with Crippen LogP contribution in [0, 0.1) is 6.92 Å². The number of hydrogen-bond acceptors (Lipinski definition) is 2. The molecule has 0 aliphatic carbocycles. The third kappa shape index (κ3) is 1.78. The predicted molar refractivity (Wildman–Crippen MR) is 66.9 cm³/mol. The molecule has 3 N–H and O–H groups in total. The van der Waals surface area contributed by atoms with Crippen LogP contribution >= 0.6 is 0 Å². The van der Waals surface area contributed by atoms with Gasteiger partial charge in [-0.2, -0.15) is 0 Å². The normalized spacial score (nSPS) is 13.0. The second-order valence-electron chi connectivity index (χ2n) is 4.33. The predicted octanol–water partition coefficient (Wildman–Crippen LogP) is 2.37. The lowest BCUT2D eigenvalue weighted by Crippen LogP contribution is -2.18. The summed E-state index contributed by atoms with van der Waals surface area (Å²) in [5.41, 5.74) is 9.41. The summed E-state index contributed by atoms with van der Waals surface area (Å²) < 4.78 is 5.50. The second kappa shape index (κ2) is 4.18. The zero-order valence-electron chi connectivity index (χ0n) is 10.0. The van der Waals surface area contributed by atoms with Crippen LogP contribution in [0.2, 0.25) is 0 Å². The molecule has 1 unspecified atom stereocenters. The lowest BCUT2D eigenvalue weighted by molar-refractivity contribution is 0.413. The molecule has 3 heteroatoms. The number of aromatic amines is 1. The number of hydrogen-bond donors (Lipinski definition) is 2. The highest BCUT2D eigenvalue weighted by Gasteiger charge is 2.12. The minimum absolute atomic E-state index is 0.143. The van der Waals surface area contributed by atoms with Crippen molar-refractivity contribution >= 4 is 10.9 Å². The first-order chi connectivity index (χ1) is 7.63. The first kappa shape index (κ1) is 11.0. The molecule has 0 bridgehead atoms. The van der Waals surface area contributed by atoms with E-state index in [1.165, 1.54) is 11.1 Å². The number of nitrogens with two attached hydrogens (primary N) is 1. The van der Waals surface area contributed by atoms with Gasteiger partial charge in [-0.05, 0) is 37.5 Å². The standard InChI is InChI=1S/C13H18N2O/c1-8-6-10(7-9(2)14)13(16-3)11-4-5-15-12(8)11/h4-6,9,15H,7,14H2,1-3H3. The molecule has 1 heterocycles. The van der Waals surface area contributed by atoms with E-state index in [4.69, 9.17) is 10.5 Å². The van der Waals surface area contributed by atoms with Crippen molar-refractivity contribution in [3.8, 4) is 5.75 Å². The van der Waals surface area contributed by atoms with E-state index in [9.17, 15) is 0 Å². The van der Waals surface area contributed by atoms with E-state index < -0.39 is 0 Å². The number of H-pyrrole nitrogens is 1. The Labute approximate surface area is 95.6 Å². The summed E-state index contributed by atoms with van der Waals surface area (Å²) in [5.74, 6) is 0.944. The van der Waals surface area contributed by atoms with Crippen LogP contribution in [-0.4, -0.2) is 18.1 Å². The van der Waals surface area contributed by atoms with Gasteiger partial charge in [-0.3, -0.25) is 0 Å². The van der Waals surface area contributed by atoms with E-state index in [0.29, 0.717) is 0 Å². The smallest absolute Gasteiger partial charge is 0.131 e. The van der Waals surface area contributed by atoms with Crippen molar-refractivity contribution < 1.29 is 4.74 Å². The first-order valence-corrected chi connectivity index (χ1v) is 5.52. The van der Waals surface area contributed by atoms with Crippen molar-refractivity contribution in [3.05, 3.63) is 29.5 Å². The molecule has 0 radical (unpaired) electrons. The third-order valence-corrected chi connectivity index (χ3v) is 2.81. The van der Waals surface area contributed by atoms with E-state index in [2.05, 4.69) is 18.0 Å². The molecular weight excluding hydrogens is 200 g/mol. The highest BCUT2D eigenvalue weighted by molar-refractivity contribution is 5.89. The second-order valence-corrected chi connectivity index (χ2v) is 4.33. The molecule has 0 amide bonds. The Bertz CT molecular complexity index is 500. The molecule has 86 valence electrons. The molecule has 0 fully saturated rings. The first-order valence-electron chi connectivity index (χ1n) is 5.52. The quantitative estimate of drug-likeness (QED) is 0.831. The van der Waals surface area contributed by atoms with Crippen molar-refractivity contribution in [3.63, 3.8) is 0 Å². The van der Waals surface area contributed by atoms with Gasteiger partial charge in [0.1, 0.15) is 5.75 Å². The van der Waals surface area contributed by atoms with Gasteiger partial charge in [0.05, 0.1) is 12.6 Å². The fourth-order valence-electron chi connectivity index (χ4n) is 2.20. The number of rotatable bonds is 3. The molecule has 1 atom stereocenters. The van der Waals surface area contributed by atoms with Crippen molar-refractivity contribution in [1.29, 1.82) is 0 Å². The summed E-state index contributed by atoms with van der Waals surface area (Å²) >= 11 is 0. The SMILES string of the molecule is COc1c(CC(C)N)cc(C)c2[nH]ccc12. The zero-order chi connectivity index (χ0) is 11.7.